The van der Waals surface area contributed by atoms with Gasteiger partial charge in [-0.1, -0.05) is 36.4 Å². The highest BCUT2D eigenvalue weighted by Gasteiger charge is 2.29. The summed E-state index contributed by atoms with van der Waals surface area (Å²) in [6, 6.07) is 14.6. The van der Waals surface area contributed by atoms with Crippen molar-refractivity contribution in [1.82, 2.24) is 0 Å². The van der Waals surface area contributed by atoms with Crippen LogP contribution in [0.5, 0.6) is 0 Å². The Morgan fingerprint density at radius 3 is 2.45 bits per heavy atom. The van der Waals surface area contributed by atoms with Gasteiger partial charge in [-0.25, -0.2) is 14.9 Å². The summed E-state index contributed by atoms with van der Waals surface area (Å²) >= 11 is 0. The van der Waals surface area contributed by atoms with Gasteiger partial charge in [-0.15, -0.1) is 0 Å². The van der Waals surface area contributed by atoms with Crippen LogP contribution in [0.1, 0.15) is 21.5 Å². The molecule has 3 rings (SSSR count). The smallest absolute Gasteiger partial charge is 0.338 e. The van der Waals surface area contributed by atoms with Crippen LogP contribution in [0.3, 0.4) is 0 Å². The first-order chi connectivity index (χ1) is 10.7. The fourth-order valence-corrected chi connectivity index (χ4v) is 2.79. The molecule has 104 valence electrons. The van der Waals surface area contributed by atoms with E-state index in [1.54, 1.807) is 12.1 Å². The number of hydrogen-bond acceptors (Lipinski definition) is 3. The van der Waals surface area contributed by atoms with Crippen LogP contribution in [0.2, 0.25) is 0 Å². The van der Waals surface area contributed by atoms with Gasteiger partial charge >= 0.3 is 5.97 Å². The SMILES string of the molecule is [C-]#[N+]/C(C#N)=C1\c2ccccc2-c2c(C(=O)OC)cccc21. The monoisotopic (exact) mass is 286 g/mol. The quantitative estimate of drug-likeness (QED) is 0.390. The molecule has 1 aliphatic carbocycles. The molecule has 4 nitrogen and oxygen atoms in total. The first kappa shape index (κ1) is 13.6. The third-order valence-electron chi connectivity index (χ3n) is 3.66. The first-order valence-electron chi connectivity index (χ1n) is 6.56. The summed E-state index contributed by atoms with van der Waals surface area (Å²) in [5.74, 6) is -0.436. The van der Waals surface area contributed by atoms with E-state index in [1.807, 2.05) is 36.4 Å². The number of nitriles is 1. The second-order valence-electron chi connectivity index (χ2n) is 4.71. The number of rotatable bonds is 1. The highest BCUT2D eigenvalue weighted by Crippen LogP contribution is 2.47. The van der Waals surface area contributed by atoms with Gasteiger partial charge in [0.1, 0.15) is 0 Å². The number of carbonyl (C=O) groups excluding carboxylic acids is 1. The lowest BCUT2D eigenvalue weighted by atomic mass is 9.99. The van der Waals surface area contributed by atoms with Gasteiger partial charge in [0.15, 0.2) is 0 Å². The summed E-state index contributed by atoms with van der Waals surface area (Å²) in [5.41, 5.74) is 4.10. The lowest BCUT2D eigenvalue weighted by Gasteiger charge is -2.07. The van der Waals surface area contributed by atoms with Crippen LogP contribution in [-0.2, 0) is 4.74 Å². The van der Waals surface area contributed by atoms with E-state index in [9.17, 15) is 10.1 Å². The van der Waals surface area contributed by atoms with Crippen LogP contribution < -0.4 is 0 Å². The molecule has 0 amide bonds. The van der Waals surface area contributed by atoms with Gasteiger partial charge < -0.3 is 4.74 Å². The highest BCUT2D eigenvalue weighted by atomic mass is 16.5. The largest absolute Gasteiger partial charge is 0.465 e. The van der Waals surface area contributed by atoms with Crippen LogP contribution in [0.25, 0.3) is 21.5 Å². The fourth-order valence-electron chi connectivity index (χ4n) is 2.79. The molecule has 0 unspecified atom stereocenters. The van der Waals surface area contributed by atoms with Crippen molar-refractivity contribution < 1.29 is 9.53 Å². The maximum atomic E-state index is 12.0. The average Bonchev–Trinajstić information content (AvgIpc) is 2.90. The van der Waals surface area contributed by atoms with E-state index in [0.29, 0.717) is 11.1 Å². The number of nitrogens with zero attached hydrogens (tertiary/aromatic N) is 2. The van der Waals surface area contributed by atoms with Gasteiger partial charge in [-0.3, -0.25) is 0 Å². The summed E-state index contributed by atoms with van der Waals surface area (Å²) in [4.78, 5) is 15.4. The zero-order valence-electron chi connectivity index (χ0n) is 11.8. The van der Waals surface area contributed by atoms with Gasteiger partial charge in [-0.2, -0.15) is 0 Å². The number of allylic oxidation sites excluding steroid dienone is 1. The molecular weight excluding hydrogens is 276 g/mol. The van der Waals surface area contributed by atoms with E-state index < -0.39 is 5.97 Å². The molecule has 0 N–H and O–H groups in total. The minimum Gasteiger partial charge on any atom is -0.465 e. The van der Waals surface area contributed by atoms with Gasteiger partial charge in [0.2, 0.25) is 0 Å². The van der Waals surface area contributed by atoms with Crippen molar-refractivity contribution in [3.8, 4) is 17.2 Å². The first-order valence-corrected chi connectivity index (χ1v) is 6.56. The topological polar surface area (TPSA) is 54.5 Å². The molecule has 0 fully saturated rings. The van der Waals surface area contributed by atoms with Crippen LogP contribution >= 0.6 is 0 Å². The Hall–Kier alpha value is -3.37. The number of carbonyl (C=O) groups is 1. The molecule has 0 aromatic heterocycles. The summed E-state index contributed by atoms with van der Waals surface area (Å²) in [6.07, 6.45) is 0. The van der Waals surface area contributed by atoms with Crippen molar-refractivity contribution in [2.45, 2.75) is 0 Å². The number of esters is 1. The highest BCUT2D eigenvalue weighted by molar-refractivity contribution is 6.10. The second-order valence-corrected chi connectivity index (χ2v) is 4.71. The van der Waals surface area contributed by atoms with E-state index in [4.69, 9.17) is 11.3 Å². The predicted octanol–water partition coefficient (Wildman–Crippen LogP) is 3.66. The molecule has 0 atom stereocenters. The van der Waals surface area contributed by atoms with E-state index in [2.05, 4.69) is 4.85 Å². The van der Waals surface area contributed by atoms with Crippen molar-refractivity contribution >= 4 is 11.5 Å². The molecule has 0 heterocycles. The summed E-state index contributed by atoms with van der Waals surface area (Å²) in [7, 11) is 1.33. The third kappa shape index (κ3) is 1.79. The maximum absolute atomic E-state index is 12.0. The van der Waals surface area contributed by atoms with Crippen LogP contribution in [0.15, 0.2) is 48.2 Å². The molecule has 2 aromatic carbocycles. The van der Waals surface area contributed by atoms with E-state index in [1.165, 1.54) is 7.11 Å². The van der Waals surface area contributed by atoms with Crippen molar-refractivity contribution in [2.75, 3.05) is 7.11 Å². The van der Waals surface area contributed by atoms with Crippen LogP contribution in [-0.4, -0.2) is 13.1 Å². The minimum atomic E-state index is -0.436. The maximum Gasteiger partial charge on any atom is 0.338 e. The van der Waals surface area contributed by atoms with Gasteiger partial charge in [-0.05, 0) is 22.8 Å². The number of ether oxygens (including phenoxy) is 1. The molecule has 0 saturated heterocycles. The molecule has 1 aliphatic rings. The van der Waals surface area contributed by atoms with Gasteiger partial charge in [0, 0.05) is 11.1 Å². The molecule has 0 radical (unpaired) electrons. The zero-order chi connectivity index (χ0) is 15.7. The van der Waals surface area contributed by atoms with Crippen LogP contribution in [0.4, 0.5) is 0 Å². The van der Waals surface area contributed by atoms with E-state index in [-0.39, 0.29) is 5.70 Å². The second kappa shape index (κ2) is 5.20. The zero-order valence-corrected chi connectivity index (χ0v) is 11.8. The standard InChI is InChI=1S/C18H10N2O2/c1-20-15(10-19)17-12-7-4-3-6-11(12)16-13(17)8-5-9-14(16)18(21)22-2/h3-9H,2H3/b17-15+. The Kier molecular flexibility index (Phi) is 3.21. The molecular formula is C18H10N2O2. The summed E-state index contributed by atoms with van der Waals surface area (Å²) in [5, 5.41) is 9.25. The molecule has 2 aromatic rings. The molecule has 0 spiro atoms. The van der Waals surface area contributed by atoms with Crippen LogP contribution in [0, 0.1) is 17.9 Å². The van der Waals surface area contributed by atoms with Gasteiger partial charge in [0.05, 0.1) is 25.3 Å². The Balaban J connectivity index is 2.46. The van der Waals surface area contributed by atoms with E-state index in [0.717, 1.165) is 22.3 Å². The third-order valence-corrected chi connectivity index (χ3v) is 3.66. The molecule has 0 saturated carbocycles. The minimum absolute atomic E-state index is 0.0215. The number of benzene rings is 2. The number of hydrogen-bond donors (Lipinski definition) is 0. The van der Waals surface area contributed by atoms with Crippen molar-refractivity contribution in [2.24, 2.45) is 0 Å². The average molecular weight is 286 g/mol. The molecule has 0 aliphatic heterocycles. The molecule has 4 heteroatoms. The summed E-state index contributed by atoms with van der Waals surface area (Å²) < 4.78 is 4.84. The van der Waals surface area contributed by atoms with Crippen molar-refractivity contribution in [3.63, 3.8) is 0 Å². The molecule has 22 heavy (non-hydrogen) atoms. The normalized spacial score (nSPS) is 13.4. The number of fused-ring (bicyclic) bond motifs is 3. The van der Waals surface area contributed by atoms with E-state index >= 15 is 0 Å². The lowest BCUT2D eigenvalue weighted by Crippen LogP contribution is -2.03. The van der Waals surface area contributed by atoms with Crippen molar-refractivity contribution in [3.05, 3.63) is 76.3 Å². The predicted molar refractivity (Wildman–Crippen MR) is 81.5 cm³/mol. The lowest BCUT2D eigenvalue weighted by molar-refractivity contribution is 0.0601. The Labute approximate surface area is 127 Å². The van der Waals surface area contributed by atoms with Gasteiger partial charge in [0.25, 0.3) is 5.70 Å². The summed E-state index contributed by atoms with van der Waals surface area (Å²) in [6.45, 7) is 7.23. The Morgan fingerprint density at radius 1 is 1.14 bits per heavy atom. The number of methoxy groups -OCH3 is 1. The fraction of sp³-hybridized carbons (Fsp3) is 0.0556. The molecule has 0 bridgehead atoms. The Bertz CT molecular complexity index is 895. The Morgan fingerprint density at radius 2 is 1.82 bits per heavy atom. The van der Waals surface area contributed by atoms with Crippen molar-refractivity contribution in [1.29, 1.82) is 5.26 Å².